The number of nitrogens with one attached hydrogen (secondary N) is 1. The number of hydrogen-bond acceptors (Lipinski definition) is 2. The number of halogens is 2. The first-order valence-corrected chi connectivity index (χ1v) is 7.55. The van der Waals surface area contributed by atoms with E-state index in [4.69, 9.17) is 4.74 Å². The molecule has 1 heterocycles. The van der Waals surface area contributed by atoms with Crippen molar-refractivity contribution in [3.05, 3.63) is 34.1 Å². The molecular formula is C15H21BrFNO. The van der Waals surface area contributed by atoms with Crippen molar-refractivity contribution >= 4 is 15.9 Å². The fourth-order valence-corrected chi connectivity index (χ4v) is 2.88. The van der Waals surface area contributed by atoms with E-state index in [1.54, 1.807) is 12.1 Å². The lowest BCUT2D eigenvalue weighted by atomic mass is 9.80. The molecule has 1 unspecified atom stereocenters. The smallest absolute Gasteiger partial charge is 0.123 e. The summed E-state index contributed by atoms with van der Waals surface area (Å²) >= 11 is 3.51. The molecule has 0 bridgehead atoms. The third kappa shape index (κ3) is 4.01. The second-order valence-electron chi connectivity index (χ2n) is 5.75. The van der Waals surface area contributed by atoms with E-state index in [2.05, 4.69) is 35.1 Å². The third-order valence-corrected chi connectivity index (χ3v) is 4.42. The van der Waals surface area contributed by atoms with Crippen molar-refractivity contribution in [2.45, 2.75) is 32.7 Å². The molecule has 19 heavy (non-hydrogen) atoms. The number of ether oxygens (including phenoxy) is 1. The Morgan fingerprint density at radius 2 is 2.26 bits per heavy atom. The Morgan fingerprint density at radius 1 is 1.47 bits per heavy atom. The van der Waals surface area contributed by atoms with Crippen molar-refractivity contribution in [1.82, 2.24) is 5.32 Å². The second-order valence-corrected chi connectivity index (χ2v) is 6.61. The van der Waals surface area contributed by atoms with Crippen molar-refractivity contribution in [3.8, 4) is 0 Å². The zero-order valence-electron chi connectivity index (χ0n) is 11.5. The van der Waals surface area contributed by atoms with Crippen molar-refractivity contribution < 1.29 is 9.13 Å². The molecule has 2 nitrogen and oxygen atoms in total. The van der Waals surface area contributed by atoms with Crippen LogP contribution in [0.4, 0.5) is 4.39 Å². The lowest BCUT2D eigenvalue weighted by Crippen LogP contribution is -2.39. The normalized spacial score (nSPS) is 23.2. The van der Waals surface area contributed by atoms with Crippen molar-refractivity contribution in [2.24, 2.45) is 5.41 Å². The lowest BCUT2D eigenvalue weighted by molar-refractivity contribution is 0.147. The van der Waals surface area contributed by atoms with Gasteiger partial charge in [-0.15, -0.1) is 0 Å². The zero-order valence-corrected chi connectivity index (χ0v) is 13.1. The molecule has 0 aromatic heterocycles. The van der Waals surface area contributed by atoms with Crippen LogP contribution in [0.1, 0.15) is 25.8 Å². The highest BCUT2D eigenvalue weighted by Gasteiger charge is 2.35. The topological polar surface area (TPSA) is 21.3 Å². The van der Waals surface area contributed by atoms with Crippen LogP contribution < -0.4 is 5.32 Å². The first-order valence-electron chi connectivity index (χ1n) is 6.76. The van der Waals surface area contributed by atoms with Gasteiger partial charge < -0.3 is 10.1 Å². The molecule has 1 aromatic rings. The fraction of sp³-hybridized carbons (Fsp3) is 0.600. The molecule has 1 aromatic carbocycles. The van der Waals surface area contributed by atoms with Gasteiger partial charge in [0.25, 0.3) is 0 Å². The molecule has 1 aliphatic heterocycles. The largest absolute Gasteiger partial charge is 0.381 e. The maximum atomic E-state index is 13.4. The summed E-state index contributed by atoms with van der Waals surface area (Å²) < 4.78 is 20.0. The Labute approximate surface area is 122 Å². The van der Waals surface area contributed by atoms with Crippen molar-refractivity contribution in [2.75, 3.05) is 19.8 Å². The highest BCUT2D eigenvalue weighted by atomic mass is 79.9. The Bertz CT molecular complexity index is 430. The average molecular weight is 330 g/mol. The average Bonchev–Trinajstić information content (AvgIpc) is 2.81. The number of rotatable bonds is 5. The van der Waals surface area contributed by atoms with Gasteiger partial charge in [-0.05, 0) is 36.6 Å². The summed E-state index contributed by atoms with van der Waals surface area (Å²) in [5.74, 6) is -0.177. The maximum absolute atomic E-state index is 13.4. The summed E-state index contributed by atoms with van der Waals surface area (Å²) in [6, 6.07) is 5.34. The molecule has 0 saturated carbocycles. The first-order chi connectivity index (χ1) is 9.01. The molecule has 106 valence electrons. The van der Waals surface area contributed by atoms with Gasteiger partial charge in [-0.1, -0.05) is 29.8 Å². The predicted molar refractivity (Wildman–Crippen MR) is 78.8 cm³/mol. The molecule has 0 amide bonds. The molecule has 0 radical (unpaired) electrons. The minimum Gasteiger partial charge on any atom is -0.381 e. The summed E-state index contributed by atoms with van der Waals surface area (Å²) in [6.07, 6.45) is 1.86. The highest BCUT2D eigenvalue weighted by molar-refractivity contribution is 9.10. The van der Waals surface area contributed by atoms with Crippen LogP contribution in [0.3, 0.4) is 0 Å². The van der Waals surface area contributed by atoms with E-state index < -0.39 is 0 Å². The summed E-state index contributed by atoms with van der Waals surface area (Å²) in [5.41, 5.74) is 1.11. The second kappa shape index (κ2) is 6.33. The van der Waals surface area contributed by atoms with E-state index in [0.717, 1.165) is 42.6 Å². The Hall–Kier alpha value is -0.450. The predicted octanol–water partition coefficient (Wildman–Crippen LogP) is 3.54. The monoisotopic (exact) mass is 329 g/mol. The molecule has 0 aliphatic carbocycles. The van der Waals surface area contributed by atoms with Crippen LogP contribution in [0, 0.1) is 11.2 Å². The van der Waals surface area contributed by atoms with E-state index in [1.807, 2.05) is 0 Å². The maximum Gasteiger partial charge on any atom is 0.123 e. The Kier molecular flexibility index (Phi) is 4.98. The van der Waals surface area contributed by atoms with E-state index >= 15 is 0 Å². The van der Waals surface area contributed by atoms with Crippen LogP contribution in [-0.2, 0) is 11.2 Å². The molecule has 2 rings (SSSR count). The summed E-state index contributed by atoms with van der Waals surface area (Å²) in [7, 11) is 0. The minimum absolute atomic E-state index is 0.0839. The van der Waals surface area contributed by atoms with Crippen LogP contribution in [0.25, 0.3) is 0 Å². The fourth-order valence-electron chi connectivity index (χ4n) is 2.49. The molecule has 1 fully saturated rings. The van der Waals surface area contributed by atoms with Crippen molar-refractivity contribution in [1.29, 1.82) is 0 Å². The van der Waals surface area contributed by atoms with E-state index in [0.29, 0.717) is 6.04 Å². The number of benzene rings is 1. The van der Waals surface area contributed by atoms with Crippen molar-refractivity contribution in [3.63, 3.8) is 0 Å². The minimum atomic E-state index is -0.177. The highest BCUT2D eigenvalue weighted by Crippen LogP contribution is 2.34. The third-order valence-electron chi connectivity index (χ3n) is 3.64. The Balaban J connectivity index is 2.13. The van der Waals surface area contributed by atoms with Gasteiger partial charge >= 0.3 is 0 Å². The van der Waals surface area contributed by atoms with Gasteiger partial charge in [0.1, 0.15) is 5.82 Å². The van der Waals surface area contributed by atoms with Crippen LogP contribution in [-0.4, -0.2) is 25.8 Å². The molecule has 1 saturated heterocycles. The van der Waals surface area contributed by atoms with E-state index in [-0.39, 0.29) is 11.2 Å². The van der Waals surface area contributed by atoms with E-state index in [9.17, 15) is 4.39 Å². The van der Waals surface area contributed by atoms with Crippen LogP contribution in [0.2, 0.25) is 0 Å². The summed E-state index contributed by atoms with van der Waals surface area (Å²) in [6.45, 7) is 6.74. The lowest BCUT2D eigenvalue weighted by Gasteiger charge is -2.29. The number of hydrogen-bond donors (Lipinski definition) is 1. The van der Waals surface area contributed by atoms with Gasteiger partial charge in [-0.3, -0.25) is 0 Å². The molecule has 1 N–H and O–H groups in total. The molecule has 0 spiro atoms. The SMILES string of the molecule is CC(C)NCC1(Cc2cc(F)ccc2Br)CCOC1. The van der Waals surface area contributed by atoms with Gasteiger partial charge in [0.05, 0.1) is 6.61 Å². The zero-order chi connectivity index (χ0) is 13.9. The standard InChI is InChI=1S/C15H21BrFNO/c1-11(2)18-9-15(5-6-19-10-15)8-12-7-13(17)3-4-14(12)16/h3-4,7,11,18H,5-6,8-10H2,1-2H3. The Morgan fingerprint density at radius 3 is 2.89 bits per heavy atom. The first kappa shape index (κ1) is 14.9. The molecule has 1 atom stereocenters. The van der Waals surface area contributed by atoms with Gasteiger partial charge in [-0.2, -0.15) is 0 Å². The summed E-state index contributed by atoms with van der Waals surface area (Å²) in [5, 5.41) is 3.49. The van der Waals surface area contributed by atoms with Crippen LogP contribution in [0.5, 0.6) is 0 Å². The quantitative estimate of drug-likeness (QED) is 0.892. The van der Waals surface area contributed by atoms with E-state index in [1.165, 1.54) is 6.07 Å². The van der Waals surface area contributed by atoms with Gasteiger partial charge in [0.15, 0.2) is 0 Å². The molecular weight excluding hydrogens is 309 g/mol. The molecule has 4 heteroatoms. The summed E-state index contributed by atoms with van der Waals surface area (Å²) in [4.78, 5) is 0. The van der Waals surface area contributed by atoms with Crippen LogP contribution >= 0.6 is 15.9 Å². The van der Waals surface area contributed by atoms with Gasteiger partial charge in [0, 0.05) is 29.1 Å². The van der Waals surface area contributed by atoms with Gasteiger partial charge in [0.2, 0.25) is 0 Å². The van der Waals surface area contributed by atoms with Crippen LogP contribution in [0.15, 0.2) is 22.7 Å². The van der Waals surface area contributed by atoms with Gasteiger partial charge in [-0.25, -0.2) is 4.39 Å². The molecule has 1 aliphatic rings.